The molecule has 1 unspecified atom stereocenters. The Labute approximate surface area is 96.3 Å². The number of hydrogen-bond acceptors (Lipinski definition) is 3. The molecule has 0 spiro atoms. The predicted molar refractivity (Wildman–Crippen MR) is 66.2 cm³/mol. The number of aliphatic hydroxyl groups excluding tert-OH is 1. The summed E-state index contributed by atoms with van der Waals surface area (Å²) in [6.45, 7) is 6.61. The highest BCUT2D eigenvalue weighted by Gasteiger charge is 2.05. The molecule has 0 bridgehead atoms. The second kappa shape index (κ2) is 6.99. The quantitative estimate of drug-likeness (QED) is 0.750. The second-order valence-electron chi connectivity index (χ2n) is 3.94. The van der Waals surface area contributed by atoms with Crippen LogP contribution < -0.4 is 5.32 Å². The molecule has 1 heterocycles. The maximum absolute atomic E-state index is 8.87. The molecule has 1 aromatic heterocycles. The van der Waals surface area contributed by atoms with E-state index in [0.717, 1.165) is 25.9 Å². The van der Waals surface area contributed by atoms with Gasteiger partial charge < -0.3 is 10.4 Å². The van der Waals surface area contributed by atoms with Crippen LogP contribution in [-0.4, -0.2) is 18.3 Å². The van der Waals surface area contributed by atoms with Gasteiger partial charge in [0.05, 0.1) is 0 Å². The van der Waals surface area contributed by atoms with Gasteiger partial charge in [-0.05, 0) is 42.8 Å². The zero-order valence-corrected chi connectivity index (χ0v) is 10.4. The zero-order valence-electron chi connectivity index (χ0n) is 9.62. The summed E-state index contributed by atoms with van der Waals surface area (Å²) in [5, 5.41) is 14.5. The van der Waals surface area contributed by atoms with Crippen molar-refractivity contribution in [1.29, 1.82) is 0 Å². The topological polar surface area (TPSA) is 32.3 Å². The molecule has 0 aliphatic carbocycles. The first-order chi connectivity index (χ1) is 7.27. The maximum atomic E-state index is 8.87. The molecule has 0 aromatic carbocycles. The SMILES string of the molecule is CCC(CCO)CNCc1sccc1C. The van der Waals surface area contributed by atoms with Gasteiger partial charge in [-0.25, -0.2) is 0 Å². The van der Waals surface area contributed by atoms with E-state index in [9.17, 15) is 0 Å². The minimum Gasteiger partial charge on any atom is -0.396 e. The second-order valence-corrected chi connectivity index (χ2v) is 4.94. The molecular formula is C12H21NOS. The standard InChI is InChI=1S/C12H21NOS/c1-3-11(4-6-14)8-13-9-12-10(2)5-7-15-12/h5,7,11,13-14H,3-4,6,8-9H2,1-2H3. The van der Waals surface area contributed by atoms with Crippen molar-refractivity contribution in [3.8, 4) is 0 Å². The molecule has 1 atom stereocenters. The molecule has 0 aliphatic heterocycles. The van der Waals surface area contributed by atoms with Crippen LogP contribution in [0.3, 0.4) is 0 Å². The number of aryl methyl sites for hydroxylation is 1. The average molecular weight is 227 g/mol. The predicted octanol–water partition coefficient (Wildman–Crippen LogP) is 2.55. The lowest BCUT2D eigenvalue weighted by Crippen LogP contribution is -2.22. The van der Waals surface area contributed by atoms with Crippen LogP contribution in [0.25, 0.3) is 0 Å². The molecule has 3 heteroatoms. The molecule has 0 fully saturated rings. The van der Waals surface area contributed by atoms with Crippen molar-refractivity contribution in [1.82, 2.24) is 5.32 Å². The van der Waals surface area contributed by atoms with Gasteiger partial charge in [-0.15, -0.1) is 11.3 Å². The van der Waals surface area contributed by atoms with Crippen molar-refractivity contribution in [2.75, 3.05) is 13.2 Å². The highest BCUT2D eigenvalue weighted by molar-refractivity contribution is 7.10. The Balaban J connectivity index is 2.23. The molecule has 0 amide bonds. The Hall–Kier alpha value is -0.380. The molecular weight excluding hydrogens is 206 g/mol. The van der Waals surface area contributed by atoms with Crippen molar-refractivity contribution in [3.63, 3.8) is 0 Å². The van der Waals surface area contributed by atoms with Crippen LogP contribution in [0, 0.1) is 12.8 Å². The van der Waals surface area contributed by atoms with Gasteiger partial charge in [0, 0.05) is 18.0 Å². The van der Waals surface area contributed by atoms with Crippen molar-refractivity contribution in [2.45, 2.75) is 33.2 Å². The summed E-state index contributed by atoms with van der Waals surface area (Å²) in [6, 6.07) is 2.16. The molecule has 0 saturated heterocycles. The van der Waals surface area contributed by atoms with E-state index in [0.29, 0.717) is 12.5 Å². The normalized spacial score (nSPS) is 13.0. The monoisotopic (exact) mass is 227 g/mol. The lowest BCUT2D eigenvalue weighted by molar-refractivity contribution is 0.251. The maximum Gasteiger partial charge on any atom is 0.0434 e. The van der Waals surface area contributed by atoms with Gasteiger partial charge in [0.2, 0.25) is 0 Å². The number of hydrogen-bond donors (Lipinski definition) is 2. The minimum absolute atomic E-state index is 0.304. The van der Waals surface area contributed by atoms with Crippen LogP contribution in [-0.2, 0) is 6.54 Å². The molecule has 15 heavy (non-hydrogen) atoms. The smallest absolute Gasteiger partial charge is 0.0434 e. The summed E-state index contributed by atoms with van der Waals surface area (Å²) in [5.74, 6) is 0.607. The van der Waals surface area contributed by atoms with Crippen molar-refractivity contribution < 1.29 is 5.11 Å². The Bertz CT molecular complexity index is 272. The summed E-state index contributed by atoms with van der Waals surface area (Å²) < 4.78 is 0. The van der Waals surface area contributed by atoms with Gasteiger partial charge in [0.1, 0.15) is 0 Å². The summed E-state index contributed by atoms with van der Waals surface area (Å²) in [6.07, 6.45) is 2.05. The number of rotatable bonds is 7. The molecule has 0 aliphatic rings. The van der Waals surface area contributed by atoms with Crippen LogP contribution in [0.5, 0.6) is 0 Å². The first-order valence-electron chi connectivity index (χ1n) is 5.62. The van der Waals surface area contributed by atoms with Gasteiger partial charge in [-0.3, -0.25) is 0 Å². The lowest BCUT2D eigenvalue weighted by Gasteiger charge is -2.13. The van der Waals surface area contributed by atoms with Crippen LogP contribution in [0.1, 0.15) is 30.2 Å². The molecule has 86 valence electrons. The van der Waals surface area contributed by atoms with Gasteiger partial charge in [-0.1, -0.05) is 13.3 Å². The molecule has 2 N–H and O–H groups in total. The Morgan fingerprint density at radius 2 is 2.33 bits per heavy atom. The molecule has 2 nitrogen and oxygen atoms in total. The minimum atomic E-state index is 0.304. The van der Waals surface area contributed by atoms with Crippen molar-refractivity contribution in [2.24, 2.45) is 5.92 Å². The van der Waals surface area contributed by atoms with Gasteiger partial charge in [0.15, 0.2) is 0 Å². The van der Waals surface area contributed by atoms with Gasteiger partial charge in [-0.2, -0.15) is 0 Å². The first-order valence-corrected chi connectivity index (χ1v) is 6.50. The summed E-state index contributed by atoms with van der Waals surface area (Å²) in [7, 11) is 0. The van der Waals surface area contributed by atoms with E-state index in [1.165, 1.54) is 10.4 Å². The fraction of sp³-hybridized carbons (Fsp3) is 0.667. The largest absolute Gasteiger partial charge is 0.396 e. The molecule has 1 aromatic rings. The third-order valence-electron chi connectivity index (χ3n) is 2.80. The van der Waals surface area contributed by atoms with Crippen LogP contribution in [0.4, 0.5) is 0 Å². The number of nitrogens with one attached hydrogen (secondary N) is 1. The van der Waals surface area contributed by atoms with E-state index in [1.54, 1.807) is 0 Å². The van der Waals surface area contributed by atoms with E-state index in [4.69, 9.17) is 5.11 Å². The van der Waals surface area contributed by atoms with E-state index in [1.807, 2.05) is 11.3 Å². The fourth-order valence-corrected chi connectivity index (χ4v) is 2.48. The van der Waals surface area contributed by atoms with E-state index >= 15 is 0 Å². The molecule has 1 rings (SSSR count). The van der Waals surface area contributed by atoms with Crippen LogP contribution >= 0.6 is 11.3 Å². The third kappa shape index (κ3) is 4.33. The lowest BCUT2D eigenvalue weighted by atomic mass is 10.0. The highest BCUT2D eigenvalue weighted by atomic mass is 32.1. The first kappa shape index (κ1) is 12.7. The fourth-order valence-electron chi connectivity index (χ4n) is 1.61. The zero-order chi connectivity index (χ0) is 11.1. The van der Waals surface area contributed by atoms with Crippen LogP contribution in [0.2, 0.25) is 0 Å². The molecule has 0 saturated carbocycles. The van der Waals surface area contributed by atoms with E-state index in [-0.39, 0.29) is 0 Å². The third-order valence-corrected chi connectivity index (χ3v) is 3.82. The summed E-state index contributed by atoms with van der Waals surface area (Å²) in [4.78, 5) is 1.42. The average Bonchev–Trinajstić information content (AvgIpc) is 2.63. The van der Waals surface area contributed by atoms with Gasteiger partial charge in [0.25, 0.3) is 0 Å². The van der Waals surface area contributed by atoms with E-state index < -0.39 is 0 Å². The van der Waals surface area contributed by atoms with E-state index in [2.05, 4.69) is 30.6 Å². The van der Waals surface area contributed by atoms with Gasteiger partial charge >= 0.3 is 0 Å². The summed E-state index contributed by atoms with van der Waals surface area (Å²) >= 11 is 1.81. The Kier molecular flexibility index (Phi) is 5.91. The molecule has 0 radical (unpaired) electrons. The Morgan fingerprint density at radius 1 is 1.53 bits per heavy atom. The van der Waals surface area contributed by atoms with Crippen molar-refractivity contribution in [3.05, 3.63) is 21.9 Å². The number of thiophene rings is 1. The summed E-state index contributed by atoms with van der Waals surface area (Å²) in [5.41, 5.74) is 1.38. The van der Waals surface area contributed by atoms with Crippen molar-refractivity contribution >= 4 is 11.3 Å². The highest BCUT2D eigenvalue weighted by Crippen LogP contribution is 2.15. The van der Waals surface area contributed by atoms with Crippen LogP contribution in [0.15, 0.2) is 11.4 Å². The number of aliphatic hydroxyl groups is 1. The Morgan fingerprint density at radius 3 is 2.87 bits per heavy atom.